The van der Waals surface area contributed by atoms with Gasteiger partial charge in [-0.2, -0.15) is 0 Å². The number of nitrogens with one attached hydrogen (secondary N) is 1. The van der Waals surface area contributed by atoms with Crippen LogP contribution < -0.4 is 10.2 Å². The third-order valence-electron chi connectivity index (χ3n) is 5.41. The zero-order valence-corrected chi connectivity index (χ0v) is 17.2. The van der Waals surface area contributed by atoms with Crippen molar-refractivity contribution in [1.82, 2.24) is 10.2 Å². The number of esters is 1. The highest BCUT2D eigenvalue weighted by Crippen LogP contribution is 2.28. The number of imide groups is 1. The smallest absolute Gasteiger partial charge is 0.373 e. The fourth-order valence-corrected chi connectivity index (χ4v) is 3.74. The molecule has 3 heterocycles. The number of nitrogens with zero attached hydrogens (tertiary/aromatic N) is 2. The third-order valence-corrected chi connectivity index (χ3v) is 5.41. The number of hydrogen-bond donors (Lipinski definition) is 1. The molecule has 1 aromatic heterocycles. The molecule has 2 saturated heterocycles. The lowest BCUT2D eigenvalue weighted by molar-refractivity contribution is -0.123. The van der Waals surface area contributed by atoms with Crippen molar-refractivity contribution < 1.29 is 27.9 Å². The Bertz CT molecular complexity index is 1080. The van der Waals surface area contributed by atoms with Gasteiger partial charge in [0, 0.05) is 13.1 Å². The molecule has 1 N–H and O–H groups in total. The second kappa shape index (κ2) is 8.25. The monoisotopic (exact) mass is 427 g/mol. The number of carbonyl (C=O) groups excluding carboxylic acids is 3. The van der Waals surface area contributed by atoms with Crippen molar-refractivity contribution in [3.63, 3.8) is 0 Å². The molecule has 0 bridgehead atoms. The van der Waals surface area contributed by atoms with Crippen molar-refractivity contribution >= 4 is 29.7 Å². The standard InChI is InChI=1S/C22H22FN3O5/c1-13-9-18(25-7-3-4-8-25)16(23)10-14(13)11-17-20(27)26(22(29)24-17)12-15-5-6-19(31-15)21(28)30-2/h5-6,9-11H,3-4,7-8,12H2,1-2H3,(H,24,29). The minimum absolute atomic E-state index is 0.0236. The summed E-state index contributed by atoms with van der Waals surface area (Å²) < 4.78 is 24.6. The number of methoxy groups -OCH3 is 1. The van der Waals surface area contributed by atoms with Crippen molar-refractivity contribution in [2.45, 2.75) is 26.3 Å². The molecule has 2 aliphatic heterocycles. The molecule has 0 saturated carbocycles. The van der Waals surface area contributed by atoms with Gasteiger partial charge in [0.15, 0.2) is 0 Å². The van der Waals surface area contributed by atoms with E-state index in [2.05, 4.69) is 10.1 Å². The third kappa shape index (κ3) is 4.03. The summed E-state index contributed by atoms with van der Waals surface area (Å²) in [5.74, 6) is -1.35. The maximum absolute atomic E-state index is 14.7. The van der Waals surface area contributed by atoms with Crippen molar-refractivity contribution in [2.75, 3.05) is 25.1 Å². The maximum Gasteiger partial charge on any atom is 0.373 e. The van der Waals surface area contributed by atoms with Gasteiger partial charge in [-0.25, -0.2) is 14.0 Å². The Balaban J connectivity index is 1.53. The van der Waals surface area contributed by atoms with Crippen LogP contribution in [0.4, 0.5) is 14.9 Å². The van der Waals surface area contributed by atoms with Gasteiger partial charge in [-0.05, 0) is 61.2 Å². The molecule has 0 spiro atoms. The fourth-order valence-electron chi connectivity index (χ4n) is 3.74. The molecule has 3 amide bonds. The fraction of sp³-hybridized carbons (Fsp3) is 0.318. The lowest BCUT2D eigenvalue weighted by atomic mass is 10.1. The predicted molar refractivity (Wildman–Crippen MR) is 110 cm³/mol. The van der Waals surface area contributed by atoms with Gasteiger partial charge < -0.3 is 19.4 Å². The summed E-state index contributed by atoms with van der Waals surface area (Å²) >= 11 is 0. The molecule has 31 heavy (non-hydrogen) atoms. The Labute approximate surface area is 178 Å². The van der Waals surface area contributed by atoms with E-state index in [4.69, 9.17) is 4.42 Å². The van der Waals surface area contributed by atoms with Crippen molar-refractivity contribution in [1.29, 1.82) is 0 Å². The molecular formula is C22H22FN3O5. The molecule has 0 atom stereocenters. The van der Waals surface area contributed by atoms with Gasteiger partial charge in [0.2, 0.25) is 5.76 Å². The summed E-state index contributed by atoms with van der Waals surface area (Å²) in [6.45, 7) is 3.33. The van der Waals surface area contributed by atoms with Crippen LogP contribution in [-0.4, -0.2) is 43.0 Å². The zero-order valence-electron chi connectivity index (χ0n) is 17.2. The van der Waals surface area contributed by atoms with Gasteiger partial charge >= 0.3 is 12.0 Å². The Hall–Kier alpha value is -3.62. The van der Waals surface area contributed by atoms with Gasteiger partial charge in [0.05, 0.1) is 19.3 Å². The van der Waals surface area contributed by atoms with Crippen molar-refractivity contribution in [2.24, 2.45) is 0 Å². The molecular weight excluding hydrogens is 405 g/mol. The number of urea groups is 1. The average Bonchev–Trinajstić information content (AvgIpc) is 3.49. The van der Waals surface area contributed by atoms with Gasteiger partial charge in [0.1, 0.15) is 17.3 Å². The van der Waals surface area contributed by atoms with Gasteiger partial charge in [-0.15, -0.1) is 0 Å². The highest BCUT2D eigenvalue weighted by atomic mass is 19.1. The summed E-state index contributed by atoms with van der Waals surface area (Å²) in [4.78, 5) is 39.5. The van der Waals surface area contributed by atoms with Gasteiger partial charge in [-0.3, -0.25) is 9.69 Å². The SMILES string of the molecule is COC(=O)c1ccc(CN2C(=O)NC(=Cc3cc(F)c(N4CCCC4)cc3C)C2=O)o1. The quantitative estimate of drug-likeness (QED) is 0.448. The van der Waals surface area contributed by atoms with E-state index in [1.165, 1.54) is 31.4 Å². The van der Waals surface area contributed by atoms with Gasteiger partial charge in [-0.1, -0.05) is 0 Å². The number of hydrogen-bond acceptors (Lipinski definition) is 6. The lowest BCUT2D eigenvalue weighted by Crippen LogP contribution is -2.30. The van der Waals surface area contributed by atoms with Crippen LogP contribution in [0.25, 0.3) is 6.08 Å². The summed E-state index contributed by atoms with van der Waals surface area (Å²) in [5, 5.41) is 2.51. The van der Waals surface area contributed by atoms with Gasteiger partial charge in [0.25, 0.3) is 5.91 Å². The van der Waals surface area contributed by atoms with Crippen LogP contribution in [0.3, 0.4) is 0 Å². The van der Waals surface area contributed by atoms with Crippen LogP contribution in [-0.2, 0) is 16.1 Å². The van der Waals surface area contributed by atoms with E-state index >= 15 is 0 Å². The first-order chi connectivity index (χ1) is 14.9. The van der Waals surface area contributed by atoms with E-state index in [0.29, 0.717) is 11.3 Å². The average molecular weight is 427 g/mol. The normalized spacial score (nSPS) is 17.6. The minimum Gasteiger partial charge on any atom is -0.463 e. The number of ether oxygens (including phenoxy) is 1. The number of halogens is 1. The van der Waals surface area contributed by atoms with E-state index in [1.807, 2.05) is 11.8 Å². The molecule has 0 radical (unpaired) electrons. The summed E-state index contributed by atoms with van der Waals surface area (Å²) in [6.07, 6.45) is 3.54. The second-order valence-corrected chi connectivity index (χ2v) is 7.49. The number of furan rings is 1. The molecule has 0 unspecified atom stereocenters. The molecule has 2 aromatic rings. The van der Waals surface area contributed by atoms with Crippen LogP contribution in [0.15, 0.2) is 34.4 Å². The molecule has 2 aliphatic rings. The Morgan fingerprint density at radius 3 is 2.71 bits per heavy atom. The van der Waals surface area contributed by atoms with Crippen LogP contribution in [0.2, 0.25) is 0 Å². The number of aryl methyl sites for hydroxylation is 1. The molecule has 4 rings (SSSR count). The largest absolute Gasteiger partial charge is 0.463 e. The molecule has 2 fully saturated rings. The van der Waals surface area contributed by atoms with E-state index in [1.54, 1.807) is 6.07 Å². The molecule has 0 aliphatic carbocycles. The Morgan fingerprint density at radius 1 is 1.26 bits per heavy atom. The predicted octanol–water partition coefficient (Wildman–Crippen LogP) is 3.21. The molecule has 8 nitrogen and oxygen atoms in total. The molecule has 1 aromatic carbocycles. The first-order valence-electron chi connectivity index (χ1n) is 9.94. The number of amides is 3. The van der Waals surface area contributed by atoms with E-state index < -0.39 is 17.9 Å². The van der Waals surface area contributed by atoms with E-state index in [0.717, 1.165) is 36.4 Å². The van der Waals surface area contributed by atoms with Crippen LogP contribution in [0.1, 0.15) is 40.3 Å². The Kier molecular flexibility index (Phi) is 5.50. The first kappa shape index (κ1) is 20.6. The number of rotatable bonds is 5. The lowest BCUT2D eigenvalue weighted by Gasteiger charge is -2.19. The van der Waals surface area contributed by atoms with Crippen LogP contribution >= 0.6 is 0 Å². The molecule has 9 heteroatoms. The summed E-state index contributed by atoms with van der Waals surface area (Å²) in [7, 11) is 1.22. The topological polar surface area (TPSA) is 92.1 Å². The van der Waals surface area contributed by atoms with Crippen LogP contribution in [0.5, 0.6) is 0 Å². The highest BCUT2D eigenvalue weighted by molar-refractivity contribution is 6.14. The summed E-state index contributed by atoms with van der Waals surface area (Å²) in [6, 6.07) is 5.42. The minimum atomic E-state index is -0.654. The highest BCUT2D eigenvalue weighted by Gasteiger charge is 2.34. The number of benzene rings is 1. The zero-order chi connectivity index (χ0) is 22.1. The maximum atomic E-state index is 14.7. The first-order valence-corrected chi connectivity index (χ1v) is 9.94. The van der Waals surface area contributed by atoms with E-state index in [9.17, 15) is 18.8 Å². The van der Waals surface area contributed by atoms with Crippen molar-refractivity contribution in [3.8, 4) is 0 Å². The second-order valence-electron chi connectivity index (χ2n) is 7.49. The number of carbonyl (C=O) groups is 3. The Morgan fingerprint density at radius 2 is 2.00 bits per heavy atom. The van der Waals surface area contributed by atoms with E-state index in [-0.39, 0.29) is 29.6 Å². The summed E-state index contributed by atoms with van der Waals surface area (Å²) in [5.41, 5.74) is 1.91. The van der Waals surface area contributed by atoms with Crippen molar-refractivity contribution in [3.05, 3.63) is 58.4 Å². The molecule has 162 valence electrons. The van der Waals surface area contributed by atoms with Crippen LogP contribution in [0, 0.1) is 12.7 Å². The number of anilines is 1.